The number of hydrogen-bond donors (Lipinski definition) is 1. The molecule has 0 aliphatic heterocycles. The van der Waals surface area contributed by atoms with Gasteiger partial charge >= 0.3 is 0 Å². The minimum Gasteiger partial charge on any atom is -0.481 e. The summed E-state index contributed by atoms with van der Waals surface area (Å²) in [6.45, 7) is 0. The fraction of sp³-hybridized carbons (Fsp3) is 0.312. The first-order valence-corrected chi connectivity index (χ1v) is 6.53. The molecule has 19 heavy (non-hydrogen) atoms. The zero-order valence-electron chi connectivity index (χ0n) is 10.9. The Morgan fingerprint density at radius 1 is 1.16 bits per heavy atom. The van der Waals surface area contributed by atoms with Crippen molar-refractivity contribution in [2.45, 2.75) is 18.4 Å². The highest BCUT2D eigenvalue weighted by Crippen LogP contribution is 2.53. The third kappa shape index (κ3) is 2.47. The molecule has 1 aromatic heterocycles. The van der Waals surface area contributed by atoms with E-state index in [9.17, 15) is 5.11 Å². The molecule has 0 bridgehead atoms. The highest BCUT2D eigenvalue weighted by atomic mass is 16.5. The zero-order valence-corrected chi connectivity index (χ0v) is 10.9. The summed E-state index contributed by atoms with van der Waals surface area (Å²) < 4.78 is 5.09. The van der Waals surface area contributed by atoms with Crippen molar-refractivity contribution in [2.75, 3.05) is 7.11 Å². The maximum absolute atomic E-state index is 10.4. The lowest BCUT2D eigenvalue weighted by Gasteiger charge is -2.11. The zero-order chi connectivity index (χ0) is 13.2. The Labute approximate surface area is 112 Å². The van der Waals surface area contributed by atoms with Crippen LogP contribution in [0.25, 0.3) is 0 Å². The van der Waals surface area contributed by atoms with Crippen LogP contribution in [0.1, 0.15) is 29.7 Å². The van der Waals surface area contributed by atoms with Gasteiger partial charge in [0.25, 0.3) is 0 Å². The van der Waals surface area contributed by atoms with Gasteiger partial charge in [0.15, 0.2) is 0 Å². The minimum atomic E-state index is -0.514. The molecule has 0 radical (unpaired) electrons. The van der Waals surface area contributed by atoms with E-state index in [0.717, 1.165) is 6.42 Å². The van der Waals surface area contributed by atoms with Crippen LogP contribution in [-0.2, 0) is 0 Å². The molecule has 1 saturated carbocycles. The third-order valence-electron chi connectivity index (χ3n) is 3.73. The lowest BCUT2D eigenvalue weighted by Crippen LogP contribution is -2.04. The van der Waals surface area contributed by atoms with Gasteiger partial charge in [-0.3, -0.25) is 0 Å². The van der Waals surface area contributed by atoms with Gasteiger partial charge in [-0.1, -0.05) is 36.4 Å². The van der Waals surface area contributed by atoms with Crippen LogP contribution in [0.4, 0.5) is 0 Å². The van der Waals surface area contributed by atoms with E-state index in [1.54, 1.807) is 13.2 Å². The van der Waals surface area contributed by atoms with Crippen LogP contribution in [0.2, 0.25) is 0 Å². The van der Waals surface area contributed by atoms with E-state index >= 15 is 0 Å². The average molecular weight is 255 g/mol. The minimum absolute atomic E-state index is 0.266. The van der Waals surface area contributed by atoms with E-state index in [1.807, 2.05) is 30.3 Å². The van der Waals surface area contributed by atoms with Gasteiger partial charge in [-0.2, -0.15) is 0 Å². The Morgan fingerprint density at radius 3 is 2.68 bits per heavy atom. The molecule has 1 N–H and O–H groups in total. The van der Waals surface area contributed by atoms with Crippen molar-refractivity contribution in [1.29, 1.82) is 0 Å². The predicted octanol–water partition coefficient (Wildman–Crippen LogP) is 2.93. The largest absolute Gasteiger partial charge is 0.481 e. The van der Waals surface area contributed by atoms with Gasteiger partial charge < -0.3 is 9.84 Å². The Morgan fingerprint density at radius 2 is 1.95 bits per heavy atom. The molecule has 3 heteroatoms. The van der Waals surface area contributed by atoms with E-state index in [2.05, 4.69) is 17.1 Å². The Balaban J connectivity index is 1.74. The van der Waals surface area contributed by atoms with Gasteiger partial charge in [-0.25, -0.2) is 4.98 Å². The molecule has 1 fully saturated rings. The molecule has 1 heterocycles. The van der Waals surface area contributed by atoms with Crippen LogP contribution in [0.15, 0.2) is 48.5 Å². The molecular formula is C16H17NO2. The van der Waals surface area contributed by atoms with Crippen LogP contribution in [0.5, 0.6) is 5.88 Å². The maximum Gasteiger partial charge on any atom is 0.213 e. The van der Waals surface area contributed by atoms with Crippen LogP contribution >= 0.6 is 0 Å². The van der Waals surface area contributed by atoms with Crippen molar-refractivity contribution in [2.24, 2.45) is 5.92 Å². The molecule has 3 atom stereocenters. The second kappa shape index (κ2) is 5.02. The van der Waals surface area contributed by atoms with Crippen LogP contribution < -0.4 is 4.74 Å². The van der Waals surface area contributed by atoms with E-state index in [-0.39, 0.29) is 5.92 Å². The highest BCUT2D eigenvalue weighted by molar-refractivity contribution is 5.28. The summed E-state index contributed by atoms with van der Waals surface area (Å²) in [6.07, 6.45) is 0.504. The van der Waals surface area contributed by atoms with Gasteiger partial charge in [-0.15, -0.1) is 0 Å². The number of aliphatic hydroxyl groups excluding tert-OH is 1. The van der Waals surface area contributed by atoms with Gasteiger partial charge in [0.05, 0.1) is 18.9 Å². The fourth-order valence-electron chi connectivity index (χ4n) is 2.58. The van der Waals surface area contributed by atoms with Crippen molar-refractivity contribution < 1.29 is 9.84 Å². The molecule has 98 valence electrons. The van der Waals surface area contributed by atoms with Crippen LogP contribution in [0, 0.1) is 5.92 Å². The quantitative estimate of drug-likeness (QED) is 0.913. The lowest BCUT2D eigenvalue weighted by molar-refractivity contribution is 0.145. The smallest absolute Gasteiger partial charge is 0.213 e. The van der Waals surface area contributed by atoms with Crippen molar-refractivity contribution in [3.05, 3.63) is 59.8 Å². The molecule has 3 unspecified atom stereocenters. The molecule has 0 spiro atoms. The number of hydrogen-bond acceptors (Lipinski definition) is 3. The molecule has 3 rings (SSSR count). The standard InChI is InChI=1S/C16H17NO2/c1-19-15-9-5-8-14(17-15)16(18)13-10-12(13)11-6-3-2-4-7-11/h2-9,12-13,16,18H,10H2,1H3. The summed E-state index contributed by atoms with van der Waals surface area (Å²) >= 11 is 0. The molecule has 3 nitrogen and oxygen atoms in total. The number of aliphatic hydroxyl groups is 1. The van der Waals surface area contributed by atoms with Crippen molar-refractivity contribution in [1.82, 2.24) is 4.98 Å². The van der Waals surface area contributed by atoms with Crippen LogP contribution in [0.3, 0.4) is 0 Å². The number of benzene rings is 1. The maximum atomic E-state index is 10.4. The van der Waals surface area contributed by atoms with Gasteiger partial charge in [0.2, 0.25) is 5.88 Å². The first-order chi connectivity index (χ1) is 9.29. The third-order valence-corrected chi connectivity index (χ3v) is 3.73. The highest BCUT2D eigenvalue weighted by Gasteiger charge is 2.44. The van der Waals surface area contributed by atoms with E-state index < -0.39 is 6.10 Å². The molecule has 2 aromatic rings. The van der Waals surface area contributed by atoms with Gasteiger partial charge in [0, 0.05) is 6.07 Å². The number of nitrogens with zero attached hydrogens (tertiary/aromatic N) is 1. The Kier molecular flexibility index (Phi) is 3.22. The van der Waals surface area contributed by atoms with Gasteiger partial charge in [-0.05, 0) is 29.9 Å². The van der Waals surface area contributed by atoms with Crippen LogP contribution in [-0.4, -0.2) is 17.2 Å². The first kappa shape index (κ1) is 12.2. The molecule has 0 saturated heterocycles. The summed E-state index contributed by atoms with van der Waals surface area (Å²) in [5.41, 5.74) is 2.00. The predicted molar refractivity (Wildman–Crippen MR) is 73.0 cm³/mol. The molecule has 1 aromatic carbocycles. The van der Waals surface area contributed by atoms with Crippen molar-refractivity contribution in [3.63, 3.8) is 0 Å². The molecule has 1 aliphatic rings. The Bertz CT molecular complexity index is 556. The molecule has 0 amide bonds. The fourth-order valence-corrected chi connectivity index (χ4v) is 2.58. The lowest BCUT2D eigenvalue weighted by atomic mass is 10.0. The number of ether oxygens (including phenoxy) is 1. The average Bonchev–Trinajstić information content (AvgIpc) is 3.28. The Hall–Kier alpha value is -1.87. The number of rotatable bonds is 4. The number of pyridine rings is 1. The van der Waals surface area contributed by atoms with E-state index in [4.69, 9.17) is 4.74 Å². The second-order valence-corrected chi connectivity index (χ2v) is 4.97. The van der Waals surface area contributed by atoms with Crippen molar-refractivity contribution in [3.8, 4) is 5.88 Å². The first-order valence-electron chi connectivity index (χ1n) is 6.53. The number of methoxy groups -OCH3 is 1. The topological polar surface area (TPSA) is 42.4 Å². The number of aromatic nitrogens is 1. The SMILES string of the molecule is COc1cccc(C(O)C2CC2c2ccccc2)n1. The molecular weight excluding hydrogens is 238 g/mol. The molecule has 1 aliphatic carbocycles. The second-order valence-electron chi connectivity index (χ2n) is 4.97. The monoisotopic (exact) mass is 255 g/mol. The van der Waals surface area contributed by atoms with Gasteiger partial charge in [0.1, 0.15) is 0 Å². The summed E-state index contributed by atoms with van der Waals surface area (Å²) in [5, 5.41) is 10.4. The van der Waals surface area contributed by atoms with Crippen molar-refractivity contribution >= 4 is 0 Å². The summed E-state index contributed by atoms with van der Waals surface area (Å²) in [7, 11) is 1.59. The van der Waals surface area contributed by atoms with E-state index in [0.29, 0.717) is 17.5 Å². The van der Waals surface area contributed by atoms with E-state index in [1.165, 1.54) is 5.56 Å². The summed E-state index contributed by atoms with van der Waals surface area (Å²) in [6, 6.07) is 15.9. The summed E-state index contributed by atoms with van der Waals surface area (Å²) in [5.74, 6) is 1.26. The normalized spacial score (nSPS) is 22.8. The summed E-state index contributed by atoms with van der Waals surface area (Å²) in [4.78, 5) is 4.31.